The highest BCUT2D eigenvalue weighted by atomic mass is 16.5. The van der Waals surface area contributed by atoms with Gasteiger partial charge < -0.3 is 20.7 Å². The van der Waals surface area contributed by atoms with Crippen molar-refractivity contribution in [2.75, 3.05) is 23.1 Å². The van der Waals surface area contributed by atoms with Crippen LogP contribution in [-0.4, -0.2) is 27.0 Å². The second-order valence-electron chi connectivity index (χ2n) is 12.4. The maximum Gasteiger partial charge on any atom is 0.138 e. The van der Waals surface area contributed by atoms with Gasteiger partial charge in [-0.2, -0.15) is 0 Å². The van der Waals surface area contributed by atoms with Gasteiger partial charge >= 0.3 is 0 Å². The minimum Gasteiger partial charge on any atom is -0.497 e. The Morgan fingerprint density at radius 1 is 0.426 bits per heavy atom. The second kappa shape index (κ2) is 17.3. The van der Waals surface area contributed by atoms with Crippen LogP contribution in [0.4, 0.5) is 34.3 Å². The molecule has 4 heterocycles. The standard InChI is InChI=1S/C16H14N2O.C16H14N2.C14H11N3/c1-19-14-6-5-12-3-2-4-16(15(12)11-14)18-13-7-9-17-10-8-13;1-12-5-6-13-3-2-4-16(15(13)11-12)18-14-7-9-17-10-8-14;1-2-4-13-11(3-1)5-10-16-14(13)17-12-6-8-15-9-7-12/h2-11H,1H3,(H,17,18);2-11H,1H3,(H,17,18);1-10H,(H,15,16,17). The first-order chi connectivity index (χ1) is 26.6. The highest BCUT2D eigenvalue weighted by molar-refractivity contribution is 5.97. The molecule has 9 rings (SSSR count). The van der Waals surface area contributed by atoms with Crippen LogP contribution in [0.3, 0.4) is 0 Å². The van der Waals surface area contributed by atoms with E-state index in [1.807, 2.05) is 79.0 Å². The molecule has 0 aliphatic carbocycles. The molecule has 0 radical (unpaired) electrons. The van der Waals surface area contributed by atoms with E-state index in [-0.39, 0.29) is 0 Å². The van der Waals surface area contributed by atoms with Crippen molar-refractivity contribution in [1.29, 1.82) is 0 Å². The number of aromatic nitrogens is 4. The van der Waals surface area contributed by atoms with Gasteiger partial charge in [0, 0.05) is 88.0 Å². The van der Waals surface area contributed by atoms with Crippen LogP contribution in [0, 0.1) is 6.92 Å². The van der Waals surface area contributed by atoms with Crippen molar-refractivity contribution in [2.24, 2.45) is 0 Å². The maximum atomic E-state index is 5.29. The summed E-state index contributed by atoms with van der Waals surface area (Å²) in [5.74, 6) is 1.73. The minimum atomic E-state index is 0.858. The summed E-state index contributed by atoms with van der Waals surface area (Å²) >= 11 is 0. The Morgan fingerprint density at radius 3 is 1.52 bits per heavy atom. The molecule has 0 saturated carbocycles. The third-order valence-electron chi connectivity index (χ3n) is 8.66. The number of hydrogen-bond donors (Lipinski definition) is 3. The van der Waals surface area contributed by atoms with Crippen LogP contribution in [0.25, 0.3) is 32.3 Å². The van der Waals surface area contributed by atoms with E-state index in [0.29, 0.717) is 0 Å². The zero-order valence-corrected chi connectivity index (χ0v) is 30.0. The molecule has 5 aromatic carbocycles. The predicted molar refractivity (Wildman–Crippen MR) is 223 cm³/mol. The summed E-state index contributed by atoms with van der Waals surface area (Å²) in [7, 11) is 1.68. The van der Waals surface area contributed by atoms with Gasteiger partial charge in [-0.25, -0.2) is 4.98 Å². The predicted octanol–water partition coefficient (Wildman–Crippen LogP) is 11.6. The molecule has 0 amide bonds. The van der Waals surface area contributed by atoms with E-state index >= 15 is 0 Å². The summed E-state index contributed by atoms with van der Waals surface area (Å²) in [6.07, 6.45) is 12.5. The van der Waals surface area contributed by atoms with Gasteiger partial charge in [0.2, 0.25) is 0 Å². The lowest BCUT2D eigenvalue weighted by Crippen LogP contribution is -1.94. The minimum absolute atomic E-state index is 0.858. The summed E-state index contributed by atoms with van der Waals surface area (Å²) in [6.45, 7) is 2.11. The summed E-state index contributed by atoms with van der Waals surface area (Å²) < 4.78 is 5.29. The Labute approximate surface area is 314 Å². The molecule has 0 aliphatic heterocycles. The fourth-order valence-corrected chi connectivity index (χ4v) is 5.96. The van der Waals surface area contributed by atoms with Crippen LogP contribution in [-0.2, 0) is 0 Å². The van der Waals surface area contributed by atoms with Crippen molar-refractivity contribution in [2.45, 2.75) is 6.92 Å². The van der Waals surface area contributed by atoms with Crippen LogP contribution in [0.15, 0.2) is 183 Å². The first-order valence-electron chi connectivity index (χ1n) is 17.5. The normalized spacial score (nSPS) is 10.4. The third kappa shape index (κ3) is 8.93. The Morgan fingerprint density at radius 2 is 0.926 bits per heavy atom. The van der Waals surface area contributed by atoms with Gasteiger partial charge in [0.15, 0.2) is 0 Å². The quantitative estimate of drug-likeness (QED) is 0.151. The molecule has 8 heteroatoms. The average Bonchev–Trinajstić information content (AvgIpc) is 3.23. The summed E-state index contributed by atoms with van der Waals surface area (Å²) in [5.41, 5.74) is 6.52. The molecule has 264 valence electrons. The van der Waals surface area contributed by atoms with Gasteiger partial charge in [-0.15, -0.1) is 0 Å². The van der Waals surface area contributed by atoms with E-state index in [1.54, 1.807) is 44.3 Å². The number of pyridine rings is 4. The van der Waals surface area contributed by atoms with E-state index in [4.69, 9.17) is 4.74 Å². The number of rotatable bonds is 7. The average molecular weight is 706 g/mol. The number of ether oxygens (including phenoxy) is 1. The lowest BCUT2D eigenvalue weighted by molar-refractivity contribution is 0.415. The Kier molecular flexibility index (Phi) is 11.2. The first kappa shape index (κ1) is 35.1. The third-order valence-corrected chi connectivity index (χ3v) is 8.66. The summed E-state index contributed by atoms with van der Waals surface area (Å²) in [6, 6.07) is 46.9. The molecule has 0 saturated heterocycles. The number of fused-ring (bicyclic) bond motifs is 3. The monoisotopic (exact) mass is 705 g/mol. The molecule has 8 nitrogen and oxygen atoms in total. The Balaban J connectivity index is 0.000000125. The molecule has 0 atom stereocenters. The number of nitrogens with zero attached hydrogens (tertiary/aromatic N) is 4. The number of aryl methyl sites for hydroxylation is 1. The van der Waals surface area contributed by atoms with E-state index in [1.165, 1.54) is 27.1 Å². The molecular weight excluding hydrogens is 667 g/mol. The van der Waals surface area contributed by atoms with E-state index < -0.39 is 0 Å². The smallest absolute Gasteiger partial charge is 0.138 e. The highest BCUT2D eigenvalue weighted by Crippen LogP contribution is 2.30. The van der Waals surface area contributed by atoms with Crippen molar-refractivity contribution in [3.63, 3.8) is 0 Å². The van der Waals surface area contributed by atoms with Crippen LogP contribution >= 0.6 is 0 Å². The molecule has 3 N–H and O–H groups in total. The second-order valence-corrected chi connectivity index (χ2v) is 12.4. The highest BCUT2D eigenvalue weighted by Gasteiger charge is 2.04. The van der Waals surface area contributed by atoms with Crippen molar-refractivity contribution in [1.82, 2.24) is 19.9 Å². The Bertz CT molecular complexity index is 2580. The van der Waals surface area contributed by atoms with Crippen molar-refractivity contribution in [3.8, 4) is 5.75 Å². The van der Waals surface area contributed by atoms with Crippen LogP contribution < -0.4 is 20.7 Å². The topological polar surface area (TPSA) is 96.9 Å². The molecule has 0 unspecified atom stereocenters. The van der Waals surface area contributed by atoms with E-state index in [0.717, 1.165) is 50.8 Å². The molecule has 0 aliphatic rings. The van der Waals surface area contributed by atoms with Gasteiger partial charge in [-0.05, 0) is 95.9 Å². The molecule has 0 fully saturated rings. The fourth-order valence-electron chi connectivity index (χ4n) is 5.96. The van der Waals surface area contributed by atoms with Gasteiger partial charge in [0.25, 0.3) is 0 Å². The van der Waals surface area contributed by atoms with Gasteiger partial charge in [-0.1, -0.05) is 72.3 Å². The number of hydrogen-bond acceptors (Lipinski definition) is 8. The van der Waals surface area contributed by atoms with Crippen LogP contribution in [0.1, 0.15) is 5.56 Å². The van der Waals surface area contributed by atoms with Crippen LogP contribution in [0.5, 0.6) is 5.75 Å². The molecular formula is C46H39N7O. The number of benzene rings is 5. The number of anilines is 6. The van der Waals surface area contributed by atoms with Gasteiger partial charge in [0.1, 0.15) is 11.6 Å². The molecule has 4 aromatic heterocycles. The zero-order valence-electron chi connectivity index (χ0n) is 30.0. The first-order valence-corrected chi connectivity index (χ1v) is 17.5. The van der Waals surface area contributed by atoms with Crippen molar-refractivity contribution >= 4 is 66.6 Å². The lowest BCUT2D eigenvalue weighted by Gasteiger charge is -2.10. The summed E-state index contributed by atoms with van der Waals surface area (Å²) in [4.78, 5) is 16.4. The molecule has 0 bridgehead atoms. The fraction of sp³-hybridized carbons (Fsp3) is 0.0435. The largest absolute Gasteiger partial charge is 0.497 e. The van der Waals surface area contributed by atoms with Gasteiger partial charge in [-0.3, -0.25) is 15.0 Å². The molecule has 9 aromatic rings. The molecule has 0 spiro atoms. The Hall–Kier alpha value is -7.32. The van der Waals surface area contributed by atoms with Crippen molar-refractivity contribution in [3.05, 3.63) is 188 Å². The SMILES string of the molecule is COc1ccc2cccc(Nc3ccncc3)c2c1.Cc1ccc2cccc(Nc3ccncc3)c2c1.c1ccc2c(Nc3ccncc3)nccc2c1. The van der Waals surface area contributed by atoms with Gasteiger partial charge in [0.05, 0.1) is 7.11 Å². The maximum absolute atomic E-state index is 5.29. The van der Waals surface area contributed by atoms with E-state index in [2.05, 4.69) is 110 Å². The summed E-state index contributed by atoms with van der Waals surface area (Å²) in [5, 5.41) is 17.2. The lowest BCUT2D eigenvalue weighted by atomic mass is 10.1. The van der Waals surface area contributed by atoms with Crippen molar-refractivity contribution < 1.29 is 4.74 Å². The number of methoxy groups -OCH3 is 1. The van der Waals surface area contributed by atoms with Crippen LogP contribution in [0.2, 0.25) is 0 Å². The molecule has 54 heavy (non-hydrogen) atoms. The number of nitrogens with one attached hydrogen (secondary N) is 3. The van der Waals surface area contributed by atoms with E-state index in [9.17, 15) is 0 Å². The zero-order chi connectivity index (χ0) is 37.0.